The number of carbonyl (C=O) groups excluding carboxylic acids is 1. The lowest BCUT2D eigenvalue weighted by atomic mass is 9.85. The van der Waals surface area contributed by atoms with Gasteiger partial charge in [0.05, 0.1) is 0 Å². The minimum Gasteiger partial charge on any atom is -0.369 e. The summed E-state index contributed by atoms with van der Waals surface area (Å²) < 4.78 is 0. The first-order valence-corrected chi connectivity index (χ1v) is 6.03. The van der Waals surface area contributed by atoms with E-state index < -0.39 is 0 Å². The number of amides is 1. The van der Waals surface area contributed by atoms with Crippen LogP contribution in [0.1, 0.15) is 52.9 Å². The summed E-state index contributed by atoms with van der Waals surface area (Å²) in [5.74, 6) is 0.341. The Bertz CT molecular complexity index is 199. The van der Waals surface area contributed by atoms with E-state index in [0.717, 1.165) is 32.1 Å². The third-order valence-corrected chi connectivity index (χ3v) is 3.00. The molecule has 0 fully saturated rings. The molecule has 1 amide bonds. The first-order chi connectivity index (χ1) is 7.13. The van der Waals surface area contributed by atoms with Crippen LogP contribution in [0.15, 0.2) is 12.2 Å². The first-order valence-electron chi connectivity index (χ1n) is 6.03. The van der Waals surface area contributed by atoms with E-state index in [0.29, 0.717) is 5.92 Å². The van der Waals surface area contributed by atoms with Crippen molar-refractivity contribution >= 4 is 5.91 Å². The Labute approximate surface area is 93.9 Å². The highest BCUT2D eigenvalue weighted by atomic mass is 16.1. The van der Waals surface area contributed by atoms with Crippen molar-refractivity contribution in [3.8, 4) is 0 Å². The van der Waals surface area contributed by atoms with Crippen LogP contribution in [-0.4, -0.2) is 5.91 Å². The van der Waals surface area contributed by atoms with Gasteiger partial charge in [0.2, 0.25) is 5.91 Å². The molecule has 0 rings (SSSR count). The Kier molecular flexibility index (Phi) is 8.06. The fourth-order valence-electron chi connectivity index (χ4n) is 1.91. The first kappa shape index (κ1) is 14.2. The summed E-state index contributed by atoms with van der Waals surface area (Å²) >= 11 is 0. The molecule has 88 valence electrons. The zero-order valence-corrected chi connectivity index (χ0v) is 10.3. The van der Waals surface area contributed by atoms with Gasteiger partial charge in [-0.2, -0.15) is 0 Å². The van der Waals surface area contributed by atoms with Crippen LogP contribution in [-0.2, 0) is 4.79 Å². The molecular formula is C13H25NO. The van der Waals surface area contributed by atoms with Gasteiger partial charge in [0.1, 0.15) is 0 Å². The highest BCUT2D eigenvalue weighted by Gasteiger charge is 2.20. The lowest BCUT2D eigenvalue weighted by Crippen LogP contribution is -2.27. The summed E-state index contributed by atoms with van der Waals surface area (Å²) in [6, 6.07) is 0. The number of hydrogen-bond acceptors (Lipinski definition) is 1. The van der Waals surface area contributed by atoms with E-state index in [4.69, 9.17) is 5.73 Å². The maximum atomic E-state index is 11.1. The van der Waals surface area contributed by atoms with Gasteiger partial charge < -0.3 is 5.73 Å². The smallest absolute Gasteiger partial charge is 0.220 e. The molecule has 0 saturated heterocycles. The maximum Gasteiger partial charge on any atom is 0.220 e. The Morgan fingerprint density at radius 3 is 2.53 bits per heavy atom. The summed E-state index contributed by atoms with van der Waals surface area (Å²) in [7, 11) is 0. The molecule has 0 aromatic carbocycles. The van der Waals surface area contributed by atoms with Crippen LogP contribution in [0.25, 0.3) is 0 Å². The van der Waals surface area contributed by atoms with E-state index >= 15 is 0 Å². The average molecular weight is 211 g/mol. The molecule has 0 aliphatic carbocycles. The predicted octanol–water partition coefficient (Wildman–Crippen LogP) is 3.27. The molecule has 0 aliphatic rings. The standard InChI is InChI=1S/C13H25NO/c1-4-6-7-8-10-12(9-5-2)11(3)13(14)15/h4,6,11-12H,5,7-10H2,1-3H3,(H2,14,15). The molecule has 0 aromatic rings. The number of primary amides is 1. The van der Waals surface area contributed by atoms with Crippen LogP contribution in [0.4, 0.5) is 0 Å². The van der Waals surface area contributed by atoms with Crippen LogP contribution in [0, 0.1) is 11.8 Å². The van der Waals surface area contributed by atoms with E-state index in [1.54, 1.807) is 0 Å². The topological polar surface area (TPSA) is 43.1 Å². The van der Waals surface area contributed by atoms with E-state index in [1.807, 2.05) is 13.8 Å². The Hall–Kier alpha value is -0.790. The van der Waals surface area contributed by atoms with Gasteiger partial charge in [0.25, 0.3) is 0 Å². The zero-order chi connectivity index (χ0) is 11.7. The van der Waals surface area contributed by atoms with Gasteiger partial charge in [-0.05, 0) is 38.5 Å². The minimum atomic E-state index is -0.153. The molecule has 0 aliphatic heterocycles. The van der Waals surface area contributed by atoms with Gasteiger partial charge in [0.15, 0.2) is 0 Å². The van der Waals surface area contributed by atoms with Crippen LogP contribution >= 0.6 is 0 Å². The van der Waals surface area contributed by atoms with Crippen molar-refractivity contribution in [2.24, 2.45) is 17.6 Å². The molecule has 2 atom stereocenters. The Morgan fingerprint density at radius 2 is 2.07 bits per heavy atom. The summed E-state index contributed by atoms with van der Waals surface area (Å²) in [5, 5.41) is 0. The number of rotatable bonds is 8. The highest BCUT2D eigenvalue weighted by Crippen LogP contribution is 2.23. The van der Waals surface area contributed by atoms with Crippen molar-refractivity contribution < 1.29 is 4.79 Å². The second-order valence-corrected chi connectivity index (χ2v) is 4.24. The summed E-state index contributed by atoms with van der Waals surface area (Å²) in [5.41, 5.74) is 5.34. The quantitative estimate of drug-likeness (QED) is 0.486. The van der Waals surface area contributed by atoms with Crippen molar-refractivity contribution in [1.82, 2.24) is 0 Å². The van der Waals surface area contributed by atoms with Gasteiger partial charge in [-0.25, -0.2) is 0 Å². The lowest BCUT2D eigenvalue weighted by molar-refractivity contribution is -0.123. The number of hydrogen-bond donors (Lipinski definition) is 1. The molecule has 2 N–H and O–H groups in total. The zero-order valence-electron chi connectivity index (χ0n) is 10.3. The monoisotopic (exact) mass is 211 g/mol. The normalized spacial score (nSPS) is 15.4. The molecule has 0 radical (unpaired) electrons. The number of carbonyl (C=O) groups is 1. The summed E-state index contributed by atoms with van der Waals surface area (Å²) in [4.78, 5) is 11.1. The minimum absolute atomic E-state index is 0.0237. The lowest BCUT2D eigenvalue weighted by Gasteiger charge is -2.20. The molecule has 2 unspecified atom stereocenters. The third-order valence-electron chi connectivity index (χ3n) is 3.00. The SMILES string of the molecule is CC=CCCCC(CCC)C(C)C(N)=O. The van der Waals surface area contributed by atoms with Crippen molar-refractivity contribution in [1.29, 1.82) is 0 Å². The fraction of sp³-hybridized carbons (Fsp3) is 0.769. The highest BCUT2D eigenvalue weighted by molar-refractivity contribution is 5.76. The van der Waals surface area contributed by atoms with E-state index in [9.17, 15) is 4.79 Å². The summed E-state index contributed by atoms with van der Waals surface area (Å²) in [6.45, 7) is 6.15. The van der Waals surface area contributed by atoms with E-state index in [-0.39, 0.29) is 11.8 Å². The molecule has 2 heteroatoms. The summed E-state index contributed by atoms with van der Waals surface area (Å²) in [6.07, 6.45) is 9.88. The second-order valence-electron chi connectivity index (χ2n) is 4.24. The Balaban J connectivity index is 3.97. The molecule has 2 nitrogen and oxygen atoms in total. The Morgan fingerprint density at radius 1 is 1.40 bits per heavy atom. The van der Waals surface area contributed by atoms with Crippen LogP contribution < -0.4 is 5.73 Å². The van der Waals surface area contributed by atoms with Crippen molar-refractivity contribution in [2.45, 2.75) is 52.9 Å². The molecule has 0 heterocycles. The average Bonchev–Trinajstić information content (AvgIpc) is 2.21. The third kappa shape index (κ3) is 6.32. The maximum absolute atomic E-state index is 11.1. The van der Waals surface area contributed by atoms with Gasteiger partial charge >= 0.3 is 0 Å². The van der Waals surface area contributed by atoms with Gasteiger partial charge in [-0.3, -0.25) is 4.79 Å². The molecule has 0 bridgehead atoms. The van der Waals surface area contributed by atoms with Crippen molar-refractivity contribution in [3.05, 3.63) is 12.2 Å². The second kappa shape index (κ2) is 8.51. The molecule has 0 aromatic heterocycles. The largest absolute Gasteiger partial charge is 0.369 e. The van der Waals surface area contributed by atoms with Gasteiger partial charge in [0, 0.05) is 5.92 Å². The molecule has 0 saturated carbocycles. The van der Waals surface area contributed by atoms with Crippen molar-refractivity contribution in [3.63, 3.8) is 0 Å². The van der Waals surface area contributed by atoms with Crippen molar-refractivity contribution in [2.75, 3.05) is 0 Å². The molecule has 15 heavy (non-hydrogen) atoms. The van der Waals surface area contributed by atoms with Gasteiger partial charge in [-0.1, -0.05) is 32.4 Å². The fourth-order valence-corrected chi connectivity index (χ4v) is 1.91. The molecule has 0 spiro atoms. The predicted molar refractivity (Wildman–Crippen MR) is 65.4 cm³/mol. The van der Waals surface area contributed by atoms with Gasteiger partial charge in [-0.15, -0.1) is 0 Å². The number of unbranched alkanes of at least 4 members (excludes halogenated alkanes) is 1. The van der Waals surface area contributed by atoms with Crippen LogP contribution in [0.5, 0.6) is 0 Å². The number of allylic oxidation sites excluding steroid dienone is 2. The van der Waals surface area contributed by atoms with E-state index in [2.05, 4.69) is 19.1 Å². The van der Waals surface area contributed by atoms with Crippen LogP contribution in [0.3, 0.4) is 0 Å². The number of nitrogens with two attached hydrogens (primary N) is 1. The van der Waals surface area contributed by atoms with Crippen LogP contribution in [0.2, 0.25) is 0 Å². The molecular weight excluding hydrogens is 186 g/mol. The van der Waals surface area contributed by atoms with E-state index in [1.165, 1.54) is 0 Å².